The Hall–Kier alpha value is -0.970. The molecule has 74 valence electrons. The molecule has 1 fully saturated rings. The zero-order chi connectivity index (χ0) is 9.80. The summed E-state index contributed by atoms with van der Waals surface area (Å²) in [7, 11) is 0. The minimum Gasteiger partial charge on any atom is -0.352 e. The fourth-order valence-electron chi connectivity index (χ4n) is 1.37. The molecule has 1 aliphatic rings. The van der Waals surface area contributed by atoms with E-state index in [-0.39, 0.29) is 12.9 Å². The summed E-state index contributed by atoms with van der Waals surface area (Å²) in [5.41, 5.74) is 0.919. The number of hydrogen-bond donors (Lipinski definition) is 0. The molecule has 0 aromatic heterocycles. The molecule has 0 bridgehead atoms. The normalized spacial score (nSPS) is 20.7. The molecule has 1 unspecified atom stereocenters. The molecule has 0 aliphatic carbocycles. The lowest BCUT2D eigenvalue weighted by Crippen LogP contribution is -2.23. The molecule has 2 rings (SSSR count). The van der Waals surface area contributed by atoms with Crippen LogP contribution < -0.4 is 0 Å². The van der Waals surface area contributed by atoms with Crippen molar-refractivity contribution in [2.45, 2.75) is 6.10 Å². The van der Waals surface area contributed by atoms with Crippen LogP contribution in [0.5, 0.6) is 0 Å². The molecule has 3 nitrogen and oxygen atoms in total. The first-order chi connectivity index (χ1) is 6.92. The lowest BCUT2D eigenvalue weighted by molar-refractivity contribution is 0.0610. The van der Waals surface area contributed by atoms with Crippen LogP contribution in [0.3, 0.4) is 0 Å². The maximum atomic E-state index is 11.0. The van der Waals surface area contributed by atoms with Crippen molar-refractivity contribution in [1.82, 2.24) is 0 Å². The van der Waals surface area contributed by atoms with Crippen molar-refractivity contribution in [2.75, 3.05) is 13.4 Å². The summed E-state index contributed by atoms with van der Waals surface area (Å²) < 4.78 is 21.3. The molecule has 1 saturated heterocycles. The third-order valence-corrected chi connectivity index (χ3v) is 2.74. The van der Waals surface area contributed by atoms with Crippen LogP contribution in [0.25, 0.3) is 0 Å². The van der Waals surface area contributed by atoms with Gasteiger partial charge < -0.3 is 9.47 Å². The van der Waals surface area contributed by atoms with Gasteiger partial charge in [-0.15, -0.1) is 0 Å². The highest BCUT2D eigenvalue weighted by Crippen LogP contribution is 2.10. The van der Waals surface area contributed by atoms with Gasteiger partial charge in [-0.2, -0.15) is 0 Å². The first-order valence-corrected chi connectivity index (χ1v) is 5.07. The van der Waals surface area contributed by atoms with Gasteiger partial charge >= 0.3 is 0 Å². The zero-order valence-corrected chi connectivity index (χ0v) is 8.33. The second-order valence-corrected chi connectivity index (χ2v) is 3.56. The van der Waals surface area contributed by atoms with E-state index in [4.69, 9.17) is 9.47 Å². The molecule has 1 aromatic rings. The van der Waals surface area contributed by atoms with E-state index in [1.807, 2.05) is 30.3 Å². The Balaban J connectivity index is 2.27. The molecule has 0 N–H and O–H groups in total. The Morgan fingerprint density at radius 2 is 2.14 bits per heavy atom. The van der Waals surface area contributed by atoms with E-state index in [1.54, 1.807) is 0 Å². The third kappa shape index (κ3) is 1.92. The van der Waals surface area contributed by atoms with Crippen LogP contribution in [0, 0.1) is 0 Å². The highest BCUT2D eigenvalue weighted by atomic mass is 32.1. The molecular weight excluding hydrogens is 200 g/mol. The van der Waals surface area contributed by atoms with E-state index in [1.165, 1.54) is 0 Å². The monoisotopic (exact) mass is 210 g/mol. The molecule has 0 amide bonds. The van der Waals surface area contributed by atoms with Crippen molar-refractivity contribution in [3.05, 3.63) is 35.9 Å². The average Bonchev–Trinajstić information content (AvgIpc) is 2.74. The van der Waals surface area contributed by atoms with Gasteiger partial charge in [-0.05, 0) is 5.56 Å². The van der Waals surface area contributed by atoms with Gasteiger partial charge in [0.05, 0.1) is 22.7 Å². The number of hydrogen-bond acceptors (Lipinski definition) is 3. The van der Waals surface area contributed by atoms with Gasteiger partial charge in [0, 0.05) is 0 Å². The minimum absolute atomic E-state index is 0.195. The number of rotatable bonds is 2. The van der Waals surface area contributed by atoms with Crippen molar-refractivity contribution in [2.24, 2.45) is 0 Å². The lowest BCUT2D eigenvalue weighted by Gasteiger charge is -2.08. The van der Waals surface area contributed by atoms with E-state index in [9.17, 15) is 4.21 Å². The predicted molar refractivity (Wildman–Crippen MR) is 54.4 cm³/mol. The van der Waals surface area contributed by atoms with Gasteiger partial charge in [-0.3, -0.25) is 0 Å². The lowest BCUT2D eigenvalue weighted by atomic mass is 10.1. The van der Waals surface area contributed by atoms with Crippen molar-refractivity contribution < 1.29 is 13.7 Å². The molecule has 1 atom stereocenters. The van der Waals surface area contributed by atoms with Gasteiger partial charge in [0.1, 0.15) is 12.9 Å². The number of ether oxygens (including phenoxy) is 2. The molecular formula is C10H10O3S. The zero-order valence-electron chi connectivity index (χ0n) is 7.51. The highest BCUT2D eigenvalue weighted by Gasteiger charge is 2.22. The summed E-state index contributed by atoms with van der Waals surface area (Å²) in [6, 6.07) is 9.54. The summed E-state index contributed by atoms with van der Waals surface area (Å²) in [4.78, 5) is 0.697. The first kappa shape index (κ1) is 9.58. The molecule has 0 spiro atoms. The van der Waals surface area contributed by atoms with Gasteiger partial charge in [-0.25, -0.2) is 4.21 Å². The fraction of sp³-hybridized carbons (Fsp3) is 0.300. The molecule has 14 heavy (non-hydrogen) atoms. The second kappa shape index (κ2) is 4.50. The maximum Gasteiger partial charge on any atom is 0.147 e. The Bertz CT molecular complexity index is 351. The van der Waals surface area contributed by atoms with Crippen LogP contribution >= 0.6 is 0 Å². The topological polar surface area (TPSA) is 35.5 Å². The Kier molecular flexibility index (Phi) is 3.08. The van der Waals surface area contributed by atoms with Gasteiger partial charge in [0.25, 0.3) is 0 Å². The van der Waals surface area contributed by atoms with Crippen molar-refractivity contribution in [1.29, 1.82) is 0 Å². The Morgan fingerprint density at radius 1 is 1.36 bits per heavy atom. The van der Waals surface area contributed by atoms with E-state index >= 15 is 0 Å². The van der Waals surface area contributed by atoms with E-state index < -0.39 is 0 Å². The van der Waals surface area contributed by atoms with Gasteiger partial charge in [0.2, 0.25) is 0 Å². The minimum atomic E-state index is -0.195. The third-order valence-electron chi connectivity index (χ3n) is 2.06. The molecule has 1 aliphatic heterocycles. The molecule has 0 saturated carbocycles. The summed E-state index contributed by atoms with van der Waals surface area (Å²) in [5, 5.41) is 0. The van der Waals surface area contributed by atoms with Crippen LogP contribution in [0.2, 0.25) is 0 Å². The quantitative estimate of drug-likeness (QED) is 0.535. The Labute approximate surface area is 85.7 Å². The van der Waals surface area contributed by atoms with Crippen LogP contribution in [0.15, 0.2) is 30.3 Å². The fourth-order valence-corrected chi connectivity index (χ4v) is 1.85. The van der Waals surface area contributed by atoms with Gasteiger partial charge in [0.15, 0.2) is 0 Å². The molecule has 1 aromatic carbocycles. The maximum absolute atomic E-state index is 11.0. The average molecular weight is 210 g/mol. The van der Waals surface area contributed by atoms with Crippen LogP contribution in [0.1, 0.15) is 5.56 Å². The number of benzene rings is 1. The summed E-state index contributed by atoms with van der Waals surface area (Å²) in [6.45, 7) is 0.751. The van der Waals surface area contributed by atoms with Gasteiger partial charge in [-0.1, -0.05) is 30.3 Å². The SMILES string of the molecule is O=S=C(c1ccccc1)C1COCO1. The standard InChI is InChI=1S/C10H10O3S/c11-14-10(9-6-12-7-13-9)8-4-2-1-3-5-8/h1-5,9H,6-7H2. The summed E-state index contributed by atoms with van der Waals surface area (Å²) in [5.74, 6) is 0. The summed E-state index contributed by atoms with van der Waals surface area (Å²) in [6.07, 6.45) is -0.195. The van der Waals surface area contributed by atoms with Crippen molar-refractivity contribution in [3.8, 4) is 0 Å². The highest BCUT2D eigenvalue weighted by molar-refractivity contribution is 7.67. The predicted octanol–water partition coefficient (Wildman–Crippen LogP) is 0.793. The van der Waals surface area contributed by atoms with E-state index in [0.717, 1.165) is 5.56 Å². The van der Waals surface area contributed by atoms with Crippen LogP contribution in [-0.2, 0) is 20.7 Å². The first-order valence-electron chi connectivity index (χ1n) is 4.33. The molecule has 1 heterocycles. The molecule has 0 radical (unpaired) electrons. The van der Waals surface area contributed by atoms with E-state index in [2.05, 4.69) is 0 Å². The molecule has 4 heteroatoms. The van der Waals surface area contributed by atoms with Crippen molar-refractivity contribution >= 4 is 16.1 Å². The Morgan fingerprint density at radius 3 is 2.71 bits per heavy atom. The largest absolute Gasteiger partial charge is 0.352 e. The van der Waals surface area contributed by atoms with Crippen LogP contribution in [0.4, 0.5) is 0 Å². The van der Waals surface area contributed by atoms with E-state index in [0.29, 0.717) is 22.7 Å². The smallest absolute Gasteiger partial charge is 0.147 e. The summed E-state index contributed by atoms with van der Waals surface area (Å²) >= 11 is 0.482. The van der Waals surface area contributed by atoms with Crippen LogP contribution in [-0.4, -0.2) is 28.6 Å². The van der Waals surface area contributed by atoms with Crippen molar-refractivity contribution in [3.63, 3.8) is 0 Å². The second-order valence-electron chi connectivity index (χ2n) is 2.96.